The monoisotopic (exact) mass is 391 g/mol. The average molecular weight is 392 g/mol. The minimum atomic E-state index is 0.175. The van der Waals surface area contributed by atoms with Gasteiger partial charge in [0.1, 0.15) is 5.54 Å². The number of H-pyrrole nitrogens is 1. The highest BCUT2D eigenvalue weighted by molar-refractivity contribution is 5.86. The van der Waals surface area contributed by atoms with Gasteiger partial charge in [-0.2, -0.15) is 0 Å². The molecule has 29 heavy (non-hydrogen) atoms. The molecule has 3 atom stereocenters. The summed E-state index contributed by atoms with van der Waals surface area (Å²) < 4.78 is 11.4. The molecule has 1 aromatic heterocycles. The molecule has 0 saturated heterocycles. The van der Waals surface area contributed by atoms with Gasteiger partial charge in [-0.3, -0.25) is 0 Å². The first-order chi connectivity index (χ1) is 14.2. The molecule has 4 heteroatoms. The number of benzene rings is 2. The highest BCUT2D eigenvalue weighted by Gasteiger charge is 2.48. The predicted octanol–water partition coefficient (Wildman–Crippen LogP) is 4.30. The summed E-state index contributed by atoms with van der Waals surface area (Å²) in [5.41, 5.74) is 5.54. The Morgan fingerprint density at radius 2 is 1.93 bits per heavy atom. The first kappa shape index (κ1) is 18.6. The van der Waals surface area contributed by atoms with Crippen molar-refractivity contribution in [2.45, 2.75) is 44.1 Å². The van der Waals surface area contributed by atoms with Gasteiger partial charge >= 0.3 is 0 Å². The van der Waals surface area contributed by atoms with Crippen LogP contribution in [0.3, 0.4) is 0 Å². The first-order valence-corrected chi connectivity index (χ1v) is 10.8. The van der Waals surface area contributed by atoms with Crippen LogP contribution < -0.4 is 14.8 Å². The zero-order valence-corrected chi connectivity index (χ0v) is 17.6. The lowest BCUT2D eigenvalue weighted by Gasteiger charge is -2.42. The van der Waals surface area contributed by atoms with E-state index >= 15 is 0 Å². The number of aromatic amines is 1. The van der Waals surface area contributed by atoms with E-state index in [2.05, 4.69) is 53.6 Å². The normalized spacial score (nSPS) is 26.4. The zero-order valence-electron chi connectivity index (χ0n) is 17.6. The summed E-state index contributed by atoms with van der Waals surface area (Å²) in [6.07, 6.45) is 5.14. The number of fused-ring (bicyclic) bond motifs is 4. The van der Waals surface area contributed by atoms with E-state index in [1.807, 2.05) is 6.07 Å². The molecular weight excluding hydrogens is 360 g/mol. The third kappa shape index (κ3) is 2.84. The Kier molecular flexibility index (Phi) is 4.54. The van der Waals surface area contributed by atoms with Gasteiger partial charge in [-0.25, -0.2) is 0 Å². The van der Waals surface area contributed by atoms with Crippen molar-refractivity contribution in [2.75, 3.05) is 20.8 Å². The van der Waals surface area contributed by atoms with Crippen LogP contribution in [-0.2, 0) is 5.54 Å². The summed E-state index contributed by atoms with van der Waals surface area (Å²) in [4.78, 5) is 3.86. The van der Waals surface area contributed by atoms with Crippen LogP contribution in [0.5, 0.6) is 11.5 Å². The van der Waals surface area contributed by atoms with Crippen LogP contribution >= 0.6 is 0 Å². The number of nitrogens with two attached hydrogens (primary N) is 1. The summed E-state index contributed by atoms with van der Waals surface area (Å²) in [5, 5.41) is 3.97. The van der Waals surface area contributed by atoms with Crippen LogP contribution in [0.4, 0.5) is 0 Å². The van der Waals surface area contributed by atoms with Crippen molar-refractivity contribution >= 4 is 10.9 Å². The molecule has 1 aliphatic heterocycles. The van der Waals surface area contributed by atoms with Gasteiger partial charge < -0.3 is 19.8 Å². The van der Waals surface area contributed by atoms with Crippen LogP contribution in [0.25, 0.3) is 10.9 Å². The zero-order chi connectivity index (χ0) is 20.0. The van der Waals surface area contributed by atoms with Gasteiger partial charge in [-0.05, 0) is 24.5 Å². The lowest BCUT2D eigenvalue weighted by Crippen LogP contribution is -2.97. The molecule has 1 spiro atoms. The molecule has 0 bridgehead atoms. The Hall–Kier alpha value is -2.46. The molecule has 1 fully saturated rings. The standard InChI is InChI=1S/C25H30N2O2/c1-16-8-7-13-25(14-16)24-22(18-9-4-5-11-20(18)27-24)19(15-26-25)17-10-6-12-21(28-2)23(17)29-3/h4-6,9-12,16,19,26-27H,7-8,13-15H2,1-3H3/p+1/t16-,19-,25+/m0/s1. The molecule has 0 radical (unpaired) electrons. The fourth-order valence-electron chi connectivity index (χ4n) is 5.95. The van der Waals surface area contributed by atoms with Gasteiger partial charge in [0.25, 0.3) is 0 Å². The molecule has 2 aliphatic rings. The number of para-hydroxylation sites is 2. The summed E-state index contributed by atoms with van der Waals surface area (Å²) in [6, 6.07) is 15.0. The van der Waals surface area contributed by atoms with Gasteiger partial charge in [0, 0.05) is 34.9 Å². The number of nitrogens with one attached hydrogen (secondary N) is 1. The summed E-state index contributed by atoms with van der Waals surface area (Å²) in [5.74, 6) is 2.70. The number of methoxy groups -OCH3 is 2. The van der Waals surface area contributed by atoms with E-state index in [-0.39, 0.29) is 11.5 Å². The van der Waals surface area contributed by atoms with Crippen molar-refractivity contribution in [3.05, 3.63) is 59.3 Å². The Morgan fingerprint density at radius 1 is 1.07 bits per heavy atom. The second-order valence-corrected chi connectivity index (χ2v) is 8.89. The Morgan fingerprint density at radius 3 is 2.72 bits per heavy atom. The van der Waals surface area contributed by atoms with E-state index in [1.54, 1.807) is 14.2 Å². The molecule has 0 unspecified atom stereocenters. The van der Waals surface area contributed by atoms with Crippen molar-refractivity contribution in [2.24, 2.45) is 5.92 Å². The smallest absolute Gasteiger partial charge is 0.164 e. The summed E-state index contributed by atoms with van der Waals surface area (Å²) in [6.45, 7) is 3.44. The molecule has 5 rings (SSSR count). The molecule has 2 heterocycles. The van der Waals surface area contributed by atoms with E-state index in [0.717, 1.165) is 24.0 Å². The summed E-state index contributed by atoms with van der Waals surface area (Å²) in [7, 11) is 3.46. The Bertz CT molecular complexity index is 1040. The molecule has 1 saturated carbocycles. The van der Waals surface area contributed by atoms with Crippen molar-refractivity contribution < 1.29 is 14.8 Å². The van der Waals surface area contributed by atoms with Gasteiger partial charge in [0.05, 0.1) is 32.4 Å². The molecule has 4 nitrogen and oxygen atoms in total. The lowest BCUT2D eigenvalue weighted by molar-refractivity contribution is -0.746. The Balaban J connectivity index is 1.73. The third-order valence-electron chi connectivity index (χ3n) is 7.18. The van der Waals surface area contributed by atoms with E-state index in [0.29, 0.717) is 0 Å². The third-order valence-corrected chi connectivity index (χ3v) is 7.18. The first-order valence-electron chi connectivity index (χ1n) is 10.8. The van der Waals surface area contributed by atoms with E-state index in [9.17, 15) is 0 Å². The van der Waals surface area contributed by atoms with Crippen LogP contribution in [0.1, 0.15) is 55.3 Å². The minimum Gasteiger partial charge on any atom is -0.493 e. The molecular formula is C25H31N2O2+. The van der Waals surface area contributed by atoms with Crippen molar-refractivity contribution in [1.29, 1.82) is 0 Å². The minimum absolute atomic E-state index is 0.175. The largest absolute Gasteiger partial charge is 0.493 e. The second kappa shape index (κ2) is 7.10. The van der Waals surface area contributed by atoms with E-state index in [1.165, 1.54) is 53.4 Å². The average Bonchev–Trinajstić information content (AvgIpc) is 3.15. The molecule has 2 aromatic carbocycles. The fourth-order valence-corrected chi connectivity index (χ4v) is 5.95. The number of hydrogen-bond acceptors (Lipinski definition) is 2. The summed E-state index contributed by atoms with van der Waals surface area (Å²) >= 11 is 0. The predicted molar refractivity (Wildman–Crippen MR) is 116 cm³/mol. The molecule has 3 aromatic rings. The molecule has 0 amide bonds. The number of ether oxygens (including phenoxy) is 2. The fraction of sp³-hybridized carbons (Fsp3) is 0.440. The van der Waals surface area contributed by atoms with Crippen LogP contribution in [-0.4, -0.2) is 25.7 Å². The van der Waals surface area contributed by atoms with Crippen LogP contribution in [0.15, 0.2) is 42.5 Å². The van der Waals surface area contributed by atoms with Gasteiger partial charge in [0.2, 0.25) is 0 Å². The number of quaternary nitrogens is 1. The van der Waals surface area contributed by atoms with Crippen molar-refractivity contribution in [3.63, 3.8) is 0 Å². The molecule has 1 aliphatic carbocycles. The van der Waals surface area contributed by atoms with Crippen LogP contribution in [0, 0.1) is 5.92 Å². The highest BCUT2D eigenvalue weighted by Crippen LogP contribution is 2.48. The molecule has 3 N–H and O–H groups in total. The second-order valence-electron chi connectivity index (χ2n) is 8.89. The van der Waals surface area contributed by atoms with Crippen LogP contribution in [0.2, 0.25) is 0 Å². The van der Waals surface area contributed by atoms with E-state index < -0.39 is 0 Å². The van der Waals surface area contributed by atoms with Gasteiger partial charge in [-0.15, -0.1) is 0 Å². The lowest BCUT2D eigenvalue weighted by atomic mass is 9.69. The SMILES string of the molecule is COc1cccc([C@@H]2C[NH2+][C@@]3(CCC[C@H](C)C3)c3[nH]c4ccccc4c32)c1OC. The maximum atomic E-state index is 5.83. The van der Waals surface area contributed by atoms with E-state index in [4.69, 9.17) is 9.47 Å². The van der Waals surface area contributed by atoms with Crippen molar-refractivity contribution in [3.8, 4) is 11.5 Å². The highest BCUT2D eigenvalue weighted by atomic mass is 16.5. The molecule has 152 valence electrons. The number of rotatable bonds is 3. The van der Waals surface area contributed by atoms with Gasteiger partial charge in [-0.1, -0.05) is 43.7 Å². The van der Waals surface area contributed by atoms with Gasteiger partial charge in [0.15, 0.2) is 11.5 Å². The maximum absolute atomic E-state index is 5.83. The van der Waals surface area contributed by atoms with Crippen molar-refractivity contribution in [1.82, 2.24) is 4.98 Å². The maximum Gasteiger partial charge on any atom is 0.164 e. The number of aromatic nitrogens is 1. The Labute approximate surface area is 172 Å². The topological polar surface area (TPSA) is 50.9 Å². The number of hydrogen-bond donors (Lipinski definition) is 2. The quantitative estimate of drug-likeness (QED) is 0.699.